The fourth-order valence-corrected chi connectivity index (χ4v) is 3.72. The molecule has 6 nitrogen and oxygen atoms in total. The third-order valence-electron chi connectivity index (χ3n) is 4.41. The lowest BCUT2D eigenvalue weighted by atomic mass is 10.2. The number of benzene rings is 1. The smallest absolute Gasteiger partial charge is 0.227 e. The van der Waals surface area contributed by atoms with Crippen molar-refractivity contribution in [1.29, 1.82) is 0 Å². The van der Waals surface area contributed by atoms with E-state index >= 15 is 0 Å². The lowest BCUT2D eigenvalue weighted by molar-refractivity contribution is -0.130. The molecule has 0 N–H and O–H groups in total. The Bertz CT molecular complexity index is 1090. The number of carbonyl (C=O) groups is 1. The van der Waals surface area contributed by atoms with Crippen LogP contribution in [0.25, 0.3) is 22.7 Å². The van der Waals surface area contributed by atoms with Crippen molar-refractivity contribution in [2.45, 2.75) is 19.4 Å². The number of halogens is 1. The summed E-state index contributed by atoms with van der Waals surface area (Å²) >= 11 is 5.00. The van der Waals surface area contributed by atoms with Crippen LogP contribution in [-0.4, -0.2) is 28.0 Å². The van der Waals surface area contributed by atoms with E-state index in [0.29, 0.717) is 31.1 Å². The Labute approximate surface area is 180 Å². The van der Waals surface area contributed by atoms with E-state index in [9.17, 15) is 4.79 Å². The van der Waals surface area contributed by atoms with Crippen LogP contribution in [0, 0.1) is 0 Å². The molecule has 0 saturated heterocycles. The number of furan rings is 1. The Morgan fingerprint density at radius 1 is 1.14 bits per heavy atom. The van der Waals surface area contributed by atoms with E-state index in [1.165, 1.54) is 0 Å². The topological polar surface area (TPSA) is 72.4 Å². The van der Waals surface area contributed by atoms with Gasteiger partial charge in [-0.25, -0.2) is 0 Å². The van der Waals surface area contributed by atoms with Gasteiger partial charge < -0.3 is 13.8 Å². The first-order valence-corrected chi connectivity index (χ1v) is 10.8. The fraction of sp³-hybridized carbons (Fsp3) is 0.190. The Balaban J connectivity index is 1.31. The third-order valence-corrected chi connectivity index (χ3v) is 5.62. The molecule has 1 aromatic carbocycles. The molecule has 0 unspecified atom stereocenters. The molecular formula is C21H18BrN3O3S. The van der Waals surface area contributed by atoms with Crippen molar-refractivity contribution in [3.63, 3.8) is 0 Å². The minimum absolute atomic E-state index is 0.0122. The van der Waals surface area contributed by atoms with Gasteiger partial charge in [0.05, 0.1) is 6.54 Å². The second-order valence-corrected chi connectivity index (χ2v) is 8.24. The first-order chi connectivity index (χ1) is 14.1. The lowest BCUT2D eigenvalue weighted by Gasteiger charge is -2.15. The molecule has 4 rings (SSSR count). The second kappa shape index (κ2) is 8.75. The van der Waals surface area contributed by atoms with Crippen molar-refractivity contribution in [3.05, 3.63) is 69.3 Å². The molecule has 0 atom stereocenters. The van der Waals surface area contributed by atoms with Crippen molar-refractivity contribution in [2.75, 3.05) is 7.05 Å². The highest BCUT2D eigenvalue weighted by atomic mass is 79.9. The SMILES string of the molecule is CN(Cc1ccc(-c2ccc(Br)cc2)o1)C(=O)CCc1nc(-c2ccsc2)no1. The summed E-state index contributed by atoms with van der Waals surface area (Å²) < 4.78 is 12.2. The van der Waals surface area contributed by atoms with E-state index in [1.54, 1.807) is 23.3 Å². The van der Waals surface area contributed by atoms with Crippen molar-refractivity contribution >= 4 is 33.2 Å². The molecule has 3 aromatic heterocycles. The van der Waals surface area contributed by atoms with Gasteiger partial charge in [0.1, 0.15) is 11.5 Å². The molecule has 0 bridgehead atoms. The molecule has 29 heavy (non-hydrogen) atoms. The number of nitrogens with zero attached hydrogens (tertiary/aromatic N) is 3. The molecule has 0 spiro atoms. The minimum Gasteiger partial charge on any atom is -0.459 e. The number of carbonyl (C=O) groups excluding carboxylic acids is 1. The standard InChI is InChI=1S/C21H18BrN3O3S/c1-25(12-17-6-7-18(27-17)14-2-4-16(22)5-3-14)20(26)9-8-19-23-21(24-28-19)15-10-11-29-13-15/h2-7,10-11,13H,8-9,12H2,1H3. The zero-order valence-electron chi connectivity index (χ0n) is 15.7. The predicted molar refractivity (Wildman–Crippen MR) is 114 cm³/mol. The fourth-order valence-electron chi connectivity index (χ4n) is 2.82. The van der Waals surface area contributed by atoms with Crippen LogP contribution < -0.4 is 0 Å². The number of thiophene rings is 1. The quantitative estimate of drug-likeness (QED) is 0.360. The summed E-state index contributed by atoms with van der Waals surface area (Å²) in [5.41, 5.74) is 1.92. The van der Waals surface area contributed by atoms with Gasteiger partial charge >= 0.3 is 0 Å². The largest absolute Gasteiger partial charge is 0.459 e. The second-order valence-electron chi connectivity index (χ2n) is 6.55. The normalized spacial score (nSPS) is 11.0. The molecule has 0 aliphatic carbocycles. The van der Waals surface area contributed by atoms with E-state index in [1.807, 2.05) is 53.2 Å². The summed E-state index contributed by atoms with van der Waals surface area (Å²) in [6, 6.07) is 13.6. The Morgan fingerprint density at radius 3 is 2.72 bits per heavy atom. The van der Waals surface area contributed by atoms with Crippen LogP contribution in [0.1, 0.15) is 18.1 Å². The summed E-state index contributed by atoms with van der Waals surface area (Å²) in [6.45, 7) is 0.402. The zero-order chi connectivity index (χ0) is 20.2. The Kier molecular flexibility index (Phi) is 5.92. The van der Waals surface area contributed by atoms with Crippen LogP contribution in [0.2, 0.25) is 0 Å². The van der Waals surface area contributed by atoms with Gasteiger partial charge in [0.15, 0.2) is 0 Å². The number of hydrogen-bond acceptors (Lipinski definition) is 6. The summed E-state index contributed by atoms with van der Waals surface area (Å²) in [5.74, 6) is 2.51. The van der Waals surface area contributed by atoms with Crippen LogP contribution in [0.4, 0.5) is 0 Å². The molecule has 0 aliphatic rings. The maximum absolute atomic E-state index is 12.5. The van der Waals surface area contributed by atoms with E-state index in [0.717, 1.165) is 27.1 Å². The van der Waals surface area contributed by atoms with Crippen molar-refractivity contribution in [1.82, 2.24) is 15.0 Å². The molecule has 0 radical (unpaired) electrons. The summed E-state index contributed by atoms with van der Waals surface area (Å²) in [7, 11) is 1.76. The highest BCUT2D eigenvalue weighted by Crippen LogP contribution is 2.24. The van der Waals surface area contributed by atoms with Crippen molar-refractivity contribution in [3.8, 4) is 22.7 Å². The average Bonchev–Trinajstić information content (AvgIpc) is 3.47. The van der Waals surface area contributed by atoms with Gasteiger partial charge in [-0.15, -0.1) is 0 Å². The highest BCUT2D eigenvalue weighted by Gasteiger charge is 2.15. The Morgan fingerprint density at radius 2 is 1.97 bits per heavy atom. The maximum Gasteiger partial charge on any atom is 0.227 e. The van der Waals surface area contributed by atoms with Gasteiger partial charge in [0.2, 0.25) is 17.6 Å². The molecule has 0 saturated carbocycles. The van der Waals surface area contributed by atoms with Crippen LogP contribution in [0.3, 0.4) is 0 Å². The minimum atomic E-state index is -0.0122. The molecule has 3 heterocycles. The zero-order valence-corrected chi connectivity index (χ0v) is 18.1. The summed E-state index contributed by atoms with van der Waals surface area (Å²) in [5, 5.41) is 7.88. The molecule has 0 fully saturated rings. The van der Waals surface area contributed by atoms with Gasteiger partial charge in [0.25, 0.3) is 0 Å². The molecular weight excluding hydrogens is 454 g/mol. The van der Waals surface area contributed by atoms with Crippen LogP contribution in [-0.2, 0) is 17.8 Å². The van der Waals surface area contributed by atoms with E-state index < -0.39 is 0 Å². The number of hydrogen-bond donors (Lipinski definition) is 0. The van der Waals surface area contributed by atoms with Crippen LogP contribution in [0.15, 0.2) is 66.6 Å². The number of aromatic nitrogens is 2. The van der Waals surface area contributed by atoms with Gasteiger partial charge in [-0.2, -0.15) is 16.3 Å². The lowest BCUT2D eigenvalue weighted by Crippen LogP contribution is -2.26. The molecule has 4 aromatic rings. The summed E-state index contributed by atoms with van der Waals surface area (Å²) in [4.78, 5) is 18.4. The average molecular weight is 472 g/mol. The van der Waals surface area contributed by atoms with Gasteiger partial charge in [-0.05, 0) is 35.7 Å². The van der Waals surface area contributed by atoms with E-state index in [-0.39, 0.29) is 5.91 Å². The molecule has 8 heteroatoms. The monoisotopic (exact) mass is 471 g/mol. The number of amides is 1. The van der Waals surface area contributed by atoms with Gasteiger partial charge in [-0.3, -0.25) is 4.79 Å². The van der Waals surface area contributed by atoms with Crippen LogP contribution >= 0.6 is 27.3 Å². The highest BCUT2D eigenvalue weighted by molar-refractivity contribution is 9.10. The Hall–Kier alpha value is -2.71. The third kappa shape index (κ3) is 4.83. The molecule has 0 aliphatic heterocycles. The van der Waals surface area contributed by atoms with Crippen LogP contribution in [0.5, 0.6) is 0 Å². The summed E-state index contributed by atoms with van der Waals surface area (Å²) in [6.07, 6.45) is 0.699. The van der Waals surface area contributed by atoms with Gasteiger partial charge in [-0.1, -0.05) is 33.2 Å². The predicted octanol–water partition coefficient (Wildman–Crippen LogP) is 5.41. The van der Waals surface area contributed by atoms with E-state index in [2.05, 4.69) is 26.1 Å². The van der Waals surface area contributed by atoms with Gasteiger partial charge in [0, 0.05) is 40.9 Å². The first kappa shape index (κ1) is 19.6. The first-order valence-electron chi connectivity index (χ1n) is 9.02. The van der Waals surface area contributed by atoms with Crippen molar-refractivity contribution in [2.24, 2.45) is 0 Å². The molecule has 148 valence electrons. The van der Waals surface area contributed by atoms with E-state index in [4.69, 9.17) is 8.94 Å². The number of aryl methyl sites for hydroxylation is 1. The number of rotatable bonds is 7. The molecule has 1 amide bonds. The maximum atomic E-state index is 12.5. The van der Waals surface area contributed by atoms with Crippen molar-refractivity contribution < 1.29 is 13.7 Å².